The number of hydrogen-bond donors (Lipinski definition) is 1. The van der Waals surface area contributed by atoms with Crippen molar-refractivity contribution in [2.45, 2.75) is 52.7 Å². The van der Waals surface area contributed by atoms with Gasteiger partial charge in [-0.1, -0.05) is 25.5 Å². The number of fused-ring (bicyclic) bond motifs is 2. The van der Waals surface area contributed by atoms with Gasteiger partial charge in [-0.25, -0.2) is 0 Å². The second kappa shape index (κ2) is 4.73. The number of furan rings is 1. The maximum absolute atomic E-state index is 11.3. The first-order valence-corrected chi connectivity index (χ1v) is 7.47. The number of aliphatic hydroxyl groups excluding tert-OH is 1. The molecule has 1 aromatic rings. The summed E-state index contributed by atoms with van der Waals surface area (Å²) in [6.45, 7) is 7.52. The molecule has 0 amide bonds. The topological polar surface area (TPSA) is 59.7 Å². The average Bonchev–Trinajstić information content (AvgIpc) is 2.78. The van der Waals surface area contributed by atoms with Crippen molar-refractivity contribution in [3.63, 3.8) is 0 Å². The SMILES string of the molecule is CC(=O)O[C@H]1CC=C2Cc3occ(C)c3[C@H](O)[C@]2(C)[C@H]1C. The molecule has 0 unspecified atom stereocenters. The van der Waals surface area contributed by atoms with Crippen LogP contribution < -0.4 is 0 Å². The lowest BCUT2D eigenvalue weighted by Gasteiger charge is -2.49. The van der Waals surface area contributed by atoms with Crippen LogP contribution in [-0.2, 0) is 16.0 Å². The highest BCUT2D eigenvalue weighted by Gasteiger charge is 2.52. The molecule has 114 valence electrons. The first-order valence-electron chi connectivity index (χ1n) is 7.47. The molecule has 21 heavy (non-hydrogen) atoms. The molecule has 4 heteroatoms. The first-order chi connectivity index (χ1) is 9.85. The highest BCUT2D eigenvalue weighted by molar-refractivity contribution is 5.66. The van der Waals surface area contributed by atoms with Gasteiger partial charge in [0, 0.05) is 36.7 Å². The van der Waals surface area contributed by atoms with Crippen LogP contribution in [0.4, 0.5) is 0 Å². The van der Waals surface area contributed by atoms with Crippen molar-refractivity contribution in [1.82, 2.24) is 0 Å². The number of carbonyl (C=O) groups is 1. The van der Waals surface area contributed by atoms with Crippen LogP contribution in [0.1, 0.15) is 50.2 Å². The summed E-state index contributed by atoms with van der Waals surface area (Å²) in [5.74, 6) is 0.651. The third-order valence-corrected chi connectivity index (χ3v) is 5.41. The molecule has 0 saturated heterocycles. The fourth-order valence-electron chi connectivity index (χ4n) is 3.90. The van der Waals surface area contributed by atoms with Crippen molar-refractivity contribution in [2.24, 2.45) is 11.3 Å². The van der Waals surface area contributed by atoms with Gasteiger partial charge in [0.25, 0.3) is 0 Å². The number of hydrogen-bond acceptors (Lipinski definition) is 4. The van der Waals surface area contributed by atoms with Crippen LogP contribution >= 0.6 is 0 Å². The number of esters is 1. The van der Waals surface area contributed by atoms with E-state index < -0.39 is 11.5 Å². The first kappa shape index (κ1) is 14.4. The molecule has 3 rings (SSSR count). The Hall–Kier alpha value is -1.55. The van der Waals surface area contributed by atoms with E-state index in [2.05, 4.69) is 19.9 Å². The molecule has 0 radical (unpaired) electrons. The quantitative estimate of drug-likeness (QED) is 0.638. The third-order valence-electron chi connectivity index (χ3n) is 5.41. The highest BCUT2D eigenvalue weighted by atomic mass is 16.5. The Morgan fingerprint density at radius 3 is 2.90 bits per heavy atom. The lowest BCUT2D eigenvalue weighted by molar-refractivity contribution is -0.154. The zero-order valence-electron chi connectivity index (χ0n) is 13.0. The molecule has 4 atom stereocenters. The predicted octanol–water partition coefficient (Wildman–Crippen LogP) is 3.08. The molecule has 0 aliphatic heterocycles. The molecular formula is C17H22O4. The fourth-order valence-corrected chi connectivity index (χ4v) is 3.90. The normalized spacial score (nSPS) is 34.7. The van der Waals surface area contributed by atoms with Gasteiger partial charge in [0.2, 0.25) is 0 Å². The van der Waals surface area contributed by atoms with Gasteiger partial charge >= 0.3 is 5.97 Å². The Morgan fingerprint density at radius 2 is 2.24 bits per heavy atom. The minimum Gasteiger partial charge on any atom is -0.468 e. The van der Waals surface area contributed by atoms with Gasteiger partial charge in [0.1, 0.15) is 11.9 Å². The summed E-state index contributed by atoms with van der Waals surface area (Å²) >= 11 is 0. The Labute approximate surface area is 124 Å². The van der Waals surface area contributed by atoms with Crippen LogP contribution in [0.3, 0.4) is 0 Å². The summed E-state index contributed by atoms with van der Waals surface area (Å²) in [6.07, 6.45) is 4.45. The molecule has 4 nitrogen and oxygen atoms in total. The van der Waals surface area contributed by atoms with Crippen LogP contribution in [0, 0.1) is 18.3 Å². The van der Waals surface area contributed by atoms with Crippen molar-refractivity contribution in [1.29, 1.82) is 0 Å². The van der Waals surface area contributed by atoms with Crippen molar-refractivity contribution >= 4 is 5.97 Å². The molecule has 2 aliphatic rings. The molecule has 0 saturated carbocycles. The van der Waals surface area contributed by atoms with Crippen LogP contribution in [-0.4, -0.2) is 17.2 Å². The Morgan fingerprint density at radius 1 is 1.52 bits per heavy atom. The number of ether oxygens (including phenoxy) is 1. The second-order valence-electron chi connectivity index (χ2n) is 6.52. The van der Waals surface area contributed by atoms with E-state index >= 15 is 0 Å². The van der Waals surface area contributed by atoms with E-state index in [1.165, 1.54) is 12.5 Å². The van der Waals surface area contributed by atoms with Gasteiger partial charge < -0.3 is 14.3 Å². The molecule has 0 bridgehead atoms. The van der Waals surface area contributed by atoms with E-state index in [-0.39, 0.29) is 18.0 Å². The minimum atomic E-state index is -0.625. The minimum absolute atomic E-state index is 0.0545. The molecule has 0 spiro atoms. The summed E-state index contributed by atoms with van der Waals surface area (Å²) in [6, 6.07) is 0. The highest BCUT2D eigenvalue weighted by Crippen LogP contribution is 2.56. The summed E-state index contributed by atoms with van der Waals surface area (Å²) in [5.41, 5.74) is 2.66. The van der Waals surface area contributed by atoms with Crippen LogP contribution in [0.5, 0.6) is 0 Å². The maximum atomic E-state index is 11.3. The molecule has 1 heterocycles. The number of rotatable bonds is 1. The maximum Gasteiger partial charge on any atom is 0.302 e. The predicted molar refractivity (Wildman–Crippen MR) is 77.6 cm³/mol. The smallest absolute Gasteiger partial charge is 0.302 e. The summed E-state index contributed by atoms with van der Waals surface area (Å²) in [5, 5.41) is 11.0. The van der Waals surface area contributed by atoms with E-state index in [4.69, 9.17) is 9.15 Å². The van der Waals surface area contributed by atoms with Crippen LogP contribution in [0.25, 0.3) is 0 Å². The van der Waals surface area contributed by atoms with Gasteiger partial charge in [-0.3, -0.25) is 4.79 Å². The molecule has 0 fully saturated rings. The lowest BCUT2D eigenvalue weighted by Crippen LogP contribution is -2.47. The van der Waals surface area contributed by atoms with Crippen LogP contribution in [0.2, 0.25) is 0 Å². The van der Waals surface area contributed by atoms with E-state index in [0.29, 0.717) is 6.42 Å². The summed E-state index contributed by atoms with van der Waals surface area (Å²) < 4.78 is 11.0. The van der Waals surface area contributed by atoms with E-state index in [9.17, 15) is 9.90 Å². The molecule has 2 aliphatic carbocycles. The monoisotopic (exact) mass is 290 g/mol. The average molecular weight is 290 g/mol. The van der Waals surface area contributed by atoms with Crippen molar-refractivity contribution in [3.05, 3.63) is 34.8 Å². The van der Waals surface area contributed by atoms with E-state index in [1.807, 2.05) is 6.92 Å². The summed E-state index contributed by atoms with van der Waals surface area (Å²) in [7, 11) is 0. The largest absolute Gasteiger partial charge is 0.468 e. The molecule has 0 aromatic carbocycles. The molecule has 1 N–H and O–H groups in total. The van der Waals surface area contributed by atoms with Gasteiger partial charge in [-0.2, -0.15) is 0 Å². The Balaban J connectivity index is 2.04. The number of aryl methyl sites for hydroxylation is 1. The van der Waals surface area contributed by atoms with Gasteiger partial charge in [-0.05, 0) is 12.5 Å². The van der Waals surface area contributed by atoms with Crippen molar-refractivity contribution in [3.8, 4) is 0 Å². The number of carbonyl (C=O) groups excluding carboxylic acids is 1. The van der Waals surface area contributed by atoms with Crippen molar-refractivity contribution < 1.29 is 19.1 Å². The van der Waals surface area contributed by atoms with Gasteiger partial charge in [0.05, 0.1) is 12.4 Å². The molecular weight excluding hydrogens is 268 g/mol. The zero-order chi connectivity index (χ0) is 15.4. The Bertz CT molecular complexity index is 612. The summed E-state index contributed by atoms with van der Waals surface area (Å²) in [4.78, 5) is 11.3. The van der Waals surface area contributed by atoms with Gasteiger partial charge in [0.15, 0.2) is 0 Å². The van der Waals surface area contributed by atoms with Crippen molar-refractivity contribution in [2.75, 3.05) is 0 Å². The Kier molecular flexibility index (Phi) is 3.24. The third kappa shape index (κ3) is 1.96. The standard InChI is InChI=1S/C17H22O4/c1-9-8-20-14-7-12-5-6-13(21-11(3)18)10(2)17(12,4)16(19)15(9)14/h5,8,10,13,16,19H,6-7H2,1-4H3/t10-,13-,16-,17+/m0/s1. The van der Waals surface area contributed by atoms with E-state index in [1.54, 1.807) is 6.26 Å². The zero-order valence-corrected chi connectivity index (χ0v) is 13.0. The van der Waals surface area contributed by atoms with Crippen LogP contribution in [0.15, 0.2) is 22.3 Å². The molecule has 1 aromatic heterocycles. The van der Waals surface area contributed by atoms with Gasteiger partial charge in [-0.15, -0.1) is 0 Å². The fraction of sp³-hybridized carbons (Fsp3) is 0.588. The van der Waals surface area contributed by atoms with E-state index in [0.717, 1.165) is 23.3 Å². The number of aliphatic hydroxyl groups is 1. The lowest BCUT2D eigenvalue weighted by atomic mass is 9.58. The second-order valence-corrected chi connectivity index (χ2v) is 6.52.